The van der Waals surface area contributed by atoms with Crippen LogP contribution in [0.1, 0.15) is 6.42 Å². The van der Waals surface area contributed by atoms with Crippen molar-refractivity contribution in [3.63, 3.8) is 0 Å². The van der Waals surface area contributed by atoms with E-state index < -0.39 is 0 Å². The predicted octanol–water partition coefficient (Wildman–Crippen LogP) is 3.66. The molecular weight excluding hydrogens is 332 g/mol. The molecule has 1 heterocycles. The topological polar surface area (TPSA) is 49.4 Å². The molecule has 0 spiro atoms. The van der Waals surface area contributed by atoms with Crippen molar-refractivity contribution < 1.29 is 9.59 Å². The summed E-state index contributed by atoms with van der Waals surface area (Å²) in [6.07, 6.45) is 2.26. The molecule has 0 saturated carbocycles. The van der Waals surface area contributed by atoms with Crippen molar-refractivity contribution in [1.82, 2.24) is 0 Å². The smallest absolute Gasteiger partial charge is 0.231 e. The molecule has 1 aliphatic rings. The average molecular weight is 354 g/mol. The lowest BCUT2D eigenvalue weighted by molar-refractivity contribution is -0.125. The molecule has 0 bridgehead atoms. The lowest BCUT2D eigenvalue weighted by Gasteiger charge is -2.16. The highest BCUT2D eigenvalue weighted by atomic mass is 32.2. The van der Waals surface area contributed by atoms with Crippen molar-refractivity contribution >= 4 is 35.0 Å². The minimum absolute atomic E-state index is 0.0495. The lowest BCUT2D eigenvalue weighted by atomic mass is 9.93. The van der Waals surface area contributed by atoms with E-state index in [1.54, 1.807) is 11.8 Å². The molecule has 0 unspecified atom stereocenters. The Hall–Kier alpha value is -2.27. The van der Waals surface area contributed by atoms with E-state index in [1.165, 1.54) is 0 Å². The fourth-order valence-corrected chi connectivity index (χ4v) is 4.03. The van der Waals surface area contributed by atoms with Crippen LogP contribution in [-0.4, -0.2) is 30.4 Å². The molecule has 1 aliphatic heterocycles. The summed E-state index contributed by atoms with van der Waals surface area (Å²) in [6, 6.07) is 19.1. The van der Waals surface area contributed by atoms with Gasteiger partial charge in [-0.1, -0.05) is 36.4 Å². The number of carbonyl (C=O) groups excluding carboxylic acids is 2. The van der Waals surface area contributed by atoms with E-state index in [4.69, 9.17) is 0 Å². The van der Waals surface area contributed by atoms with E-state index in [-0.39, 0.29) is 30.1 Å². The minimum atomic E-state index is -0.267. The number of para-hydroxylation sites is 2. The van der Waals surface area contributed by atoms with Crippen molar-refractivity contribution in [2.45, 2.75) is 6.42 Å². The van der Waals surface area contributed by atoms with E-state index in [1.807, 2.05) is 71.8 Å². The van der Waals surface area contributed by atoms with Gasteiger partial charge in [-0.25, -0.2) is 0 Å². The van der Waals surface area contributed by atoms with Crippen LogP contribution in [0.15, 0.2) is 60.7 Å². The van der Waals surface area contributed by atoms with Gasteiger partial charge in [-0.3, -0.25) is 9.59 Å². The van der Waals surface area contributed by atoms with Crippen LogP contribution >= 0.6 is 11.8 Å². The molecule has 2 atom stereocenters. The Morgan fingerprint density at radius 2 is 1.76 bits per heavy atom. The monoisotopic (exact) mass is 354 g/mol. The van der Waals surface area contributed by atoms with E-state index in [2.05, 4.69) is 5.32 Å². The normalized spacial score (nSPS) is 19.9. The fraction of sp³-hybridized carbons (Fsp3) is 0.300. The number of nitrogens with zero attached hydrogens (tertiary/aromatic N) is 1. The number of hydrogen-bond acceptors (Lipinski definition) is 3. The van der Waals surface area contributed by atoms with Crippen LogP contribution < -0.4 is 10.2 Å². The van der Waals surface area contributed by atoms with E-state index in [0.717, 1.165) is 17.1 Å². The van der Waals surface area contributed by atoms with Crippen molar-refractivity contribution in [3.8, 4) is 0 Å². The number of rotatable bonds is 6. The van der Waals surface area contributed by atoms with E-state index >= 15 is 0 Å². The Labute approximate surface area is 152 Å². The van der Waals surface area contributed by atoms with E-state index in [0.29, 0.717) is 6.54 Å². The highest BCUT2D eigenvalue weighted by molar-refractivity contribution is 7.98. The van der Waals surface area contributed by atoms with Crippen LogP contribution in [0.25, 0.3) is 0 Å². The second kappa shape index (κ2) is 8.21. The molecular formula is C20H22N2O2S. The molecule has 25 heavy (non-hydrogen) atoms. The second-order valence-electron chi connectivity index (χ2n) is 6.22. The number of carbonyl (C=O) groups is 2. The van der Waals surface area contributed by atoms with Crippen LogP contribution in [0.5, 0.6) is 0 Å². The van der Waals surface area contributed by atoms with Gasteiger partial charge in [-0.05, 0) is 42.2 Å². The SMILES string of the molecule is CSC[C@H]1CN(c2ccccc2)C(=O)[C@@H]1CC(=O)Nc1ccccc1. The number of hydrogen-bond donors (Lipinski definition) is 1. The molecule has 0 aliphatic carbocycles. The maximum absolute atomic E-state index is 12.9. The van der Waals surface area contributed by atoms with Gasteiger partial charge in [0.25, 0.3) is 0 Å². The van der Waals surface area contributed by atoms with Crippen LogP contribution in [0.3, 0.4) is 0 Å². The first-order valence-corrected chi connectivity index (χ1v) is 9.78. The third kappa shape index (κ3) is 4.23. The van der Waals surface area contributed by atoms with E-state index in [9.17, 15) is 9.59 Å². The van der Waals surface area contributed by atoms with Gasteiger partial charge < -0.3 is 10.2 Å². The van der Waals surface area contributed by atoms with Gasteiger partial charge >= 0.3 is 0 Å². The number of thioether (sulfide) groups is 1. The van der Waals surface area contributed by atoms with Crippen LogP contribution in [0, 0.1) is 11.8 Å². The Morgan fingerprint density at radius 1 is 1.12 bits per heavy atom. The summed E-state index contributed by atoms with van der Waals surface area (Å²) in [5.41, 5.74) is 1.67. The zero-order valence-electron chi connectivity index (χ0n) is 14.2. The molecule has 5 heteroatoms. The molecule has 2 amide bonds. The summed E-state index contributed by atoms with van der Waals surface area (Å²) in [4.78, 5) is 27.2. The summed E-state index contributed by atoms with van der Waals surface area (Å²) in [6.45, 7) is 0.674. The molecule has 1 N–H and O–H groups in total. The van der Waals surface area contributed by atoms with Gasteiger partial charge in [0, 0.05) is 24.3 Å². The number of anilines is 2. The Morgan fingerprint density at radius 3 is 2.40 bits per heavy atom. The summed E-state index contributed by atoms with van der Waals surface area (Å²) < 4.78 is 0. The molecule has 4 nitrogen and oxygen atoms in total. The third-order valence-corrected chi connectivity index (χ3v) is 5.24. The third-order valence-electron chi connectivity index (χ3n) is 4.48. The van der Waals surface area contributed by atoms with Crippen molar-refractivity contribution in [3.05, 3.63) is 60.7 Å². The fourth-order valence-electron chi connectivity index (χ4n) is 3.26. The van der Waals surface area contributed by atoms with Gasteiger partial charge in [0.15, 0.2) is 0 Å². The minimum Gasteiger partial charge on any atom is -0.326 e. The molecule has 3 rings (SSSR count). The van der Waals surface area contributed by atoms with Gasteiger partial charge in [0.05, 0.1) is 5.92 Å². The maximum atomic E-state index is 12.9. The number of benzene rings is 2. The molecule has 2 aromatic carbocycles. The highest BCUT2D eigenvalue weighted by Crippen LogP contribution is 2.33. The van der Waals surface area contributed by atoms with Crippen molar-refractivity contribution in [2.75, 3.05) is 28.8 Å². The van der Waals surface area contributed by atoms with Gasteiger partial charge in [0.2, 0.25) is 11.8 Å². The predicted molar refractivity (Wildman–Crippen MR) is 104 cm³/mol. The van der Waals surface area contributed by atoms with Crippen molar-refractivity contribution in [1.29, 1.82) is 0 Å². The number of nitrogens with one attached hydrogen (secondary N) is 1. The highest BCUT2D eigenvalue weighted by Gasteiger charge is 2.41. The summed E-state index contributed by atoms with van der Waals surface area (Å²) in [5, 5.41) is 2.89. The van der Waals surface area contributed by atoms with Crippen LogP contribution in [-0.2, 0) is 9.59 Å². The first-order valence-electron chi connectivity index (χ1n) is 8.39. The quantitative estimate of drug-likeness (QED) is 0.861. The Balaban J connectivity index is 1.71. The molecule has 2 aromatic rings. The lowest BCUT2D eigenvalue weighted by Crippen LogP contribution is -2.29. The van der Waals surface area contributed by atoms with Gasteiger partial charge in [0.1, 0.15) is 0 Å². The van der Waals surface area contributed by atoms with Crippen molar-refractivity contribution in [2.24, 2.45) is 11.8 Å². The zero-order chi connectivity index (χ0) is 17.6. The van der Waals surface area contributed by atoms with Crippen LogP contribution in [0.2, 0.25) is 0 Å². The first kappa shape index (κ1) is 17.5. The maximum Gasteiger partial charge on any atom is 0.231 e. The molecule has 1 fully saturated rings. The number of amides is 2. The molecule has 130 valence electrons. The summed E-state index contributed by atoms with van der Waals surface area (Å²) >= 11 is 1.72. The van der Waals surface area contributed by atoms with Gasteiger partial charge in [-0.15, -0.1) is 0 Å². The average Bonchev–Trinajstić information content (AvgIpc) is 2.93. The summed E-state index contributed by atoms with van der Waals surface area (Å²) in [7, 11) is 0. The van der Waals surface area contributed by atoms with Gasteiger partial charge in [-0.2, -0.15) is 11.8 Å². The standard InChI is InChI=1S/C20H22N2O2S/c1-25-14-15-13-22(17-10-6-3-7-11-17)20(24)18(15)12-19(23)21-16-8-4-2-5-9-16/h2-11,15,18H,12-14H2,1H3,(H,21,23)/t15-,18-/m1/s1. The first-order chi connectivity index (χ1) is 12.2. The Kier molecular flexibility index (Phi) is 5.76. The largest absolute Gasteiger partial charge is 0.326 e. The Bertz CT molecular complexity index is 721. The van der Waals surface area contributed by atoms with Crippen LogP contribution in [0.4, 0.5) is 11.4 Å². The molecule has 0 aromatic heterocycles. The summed E-state index contributed by atoms with van der Waals surface area (Å²) in [5.74, 6) is 0.734. The molecule has 0 radical (unpaired) electrons. The second-order valence-corrected chi connectivity index (χ2v) is 7.14. The zero-order valence-corrected chi connectivity index (χ0v) is 15.0. The molecule has 1 saturated heterocycles.